The molecule has 2 aromatic rings. The average Bonchev–Trinajstić information content (AvgIpc) is 2.87. The molecule has 2 aromatic carbocycles. The van der Waals surface area contributed by atoms with Crippen molar-refractivity contribution in [2.45, 2.75) is 45.6 Å². The fourth-order valence-corrected chi connectivity index (χ4v) is 5.36. The molecule has 1 aliphatic carbocycles. The molecule has 8 heteroatoms. The Morgan fingerprint density at radius 1 is 0.769 bits per heavy atom. The van der Waals surface area contributed by atoms with E-state index in [0.29, 0.717) is 25.3 Å². The van der Waals surface area contributed by atoms with Gasteiger partial charge in [-0.1, -0.05) is 79.7 Å². The number of carbonyl (C=O) groups excluding carboxylic acids is 1. The third-order valence-electron chi connectivity index (χ3n) is 7.45. The van der Waals surface area contributed by atoms with Crippen molar-refractivity contribution >= 4 is 23.8 Å². The van der Waals surface area contributed by atoms with Crippen molar-refractivity contribution in [2.24, 2.45) is 29.6 Å². The van der Waals surface area contributed by atoms with E-state index in [0.717, 1.165) is 24.8 Å². The lowest BCUT2D eigenvalue weighted by Gasteiger charge is -2.45. The molecule has 3 N–H and O–H groups in total. The van der Waals surface area contributed by atoms with Gasteiger partial charge in [0.05, 0.1) is 23.7 Å². The minimum atomic E-state index is -1.64. The molecule has 208 valence electrons. The lowest BCUT2D eigenvalue weighted by molar-refractivity contribution is -0.189. The van der Waals surface area contributed by atoms with Crippen LogP contribution in [0.2, 0.25) is 0 Å². The van der Waals surface area contributed by atoms with Crippen molar-refractivity contribution in [3.8, 4) is 0 Å². The molecular weight excluding hydrogens is 498 g/mol. The van der Waals surface area contributed by atoms with E-state index in [-0.39, 0.29) is 6.54 Å². The highest BCUT2D eigenvalue weighted by molar-refractivity contribution is 5.98. The molecule has 0 saturated heterocycles. The molecule has 0 radical (unpaired) electrons. The first kappa shape index (κ1) is 29.6. The van der Waals surface area contributed by atoms with Crippen molar-refractivity contribution in [3.05, 3.63) is 83.9 Å². The van der Waals surface area contributed by atoms with Crippen molar-refractivity contribution in [2.75, 3.05) is 6.54 Å². The van der Waals surface area contributed by atoms with E-state index < -0.39 is 47.5 Å². The summed E-state index contributed by atoms with van der Waals surface area (Å²) in [4.78, 5) is 50.3. The van der Waals surface area contributed by atoms with Crippen LogP contribution >= 0.6 is 0 Å². The minimum absolute atomic E-state index is 0.187. The first-order chi connectivity index (χ1) is 18.7. The highest BCUT2D eigenvalue weighted by Crippen LogP contribution is 2.48. The molecule has 1 fully saturated rings. The summed E-state index contributed by atoms with van der Waals surface area (Å²) in [7, 11) is 0. The van der Waals surface area contributed by atoms with Gasteiger partial charge in [-0.05, 0) is 49.1 Å². The van der Waals surface area contributed by atoms with Crippen LogP contribution < -0.4 is 0 Å². The molecule has 0 aliphatic heterocycles. The van der Waals surface area contributed by atoms with Crippen LogP contribution in [0.3, 0.4) is 0 Å². The zero-order valence-corrected chi connectivity index (χ0v) is 22.2. The second-order valence-corrected chi connectivity index (χ2v) is 10.3. The summed E-state index contributed by atoms with van der Waals surface area (Å²) in [5.41, 5.74) is 2.15. The summed E-state index contributed by atoms with van der Waals surface area (Å²) in [5.74, 6) is -10.9. The maximum Gasteiger partial charge on any atom is 0.308 e. The van der Waals surface area contributed by atoms with E-state index in [2.05, 4.69) is 31.2 Å². The fourth-order valence-electron chi connectivity index (χ4n) is 5.36. The Hall–Kier alpha value is -3.94. The standard InChI is InChI=1S/C31H37NO7/c1-21(13-11-18-22-14-6-2-7-15-22)12-5-4-10-19-32(20-23-16-8-3-9-17-23)28(33)24-25(29(34)35)27(31(38)39)26(24)30(36)37/h2-3,5-9,12,14-17,21,24-27H,4,10-11,13,18-20H2,1H3,(H,34,35)(H,36,37)(H,38,39)/b12-5+/t21-,24?,25-,26-,27?/m0/s1. The highest BCUT2D eigenvalue weighted by Gasteiger charge is 2.64. The average molecular weight is 536 g/mol. The second-order valence-electron chi connectivity index (χ2n) is 10.3. The van der Waals surface area contributed by atoms with E-state index in [1.165, 1.54) is 10.5 Å². The third kappa shape index (κ3) is 8.02. The van der Waals surface area contributed by atoms with Gasteiger partial charge in [-0.25, -0.2) is 0 Å². The number of hydrogen-bond donors (Lipinski definition) is 3. The van der Waals surface area contributed by atoms with Crippen LogP contribution in [0.4, 0.5) is 0 Å². The smallest absolute Gasteiger partial charge is 0.308 e. The van der Waals surface area contributed by atoms with E-state index in [4.69, 9.17) is 0 Å². The molecule has 0 spiro atoms. The number of nitrogens with zero attached hydrogens (tertiary/aromatic N) is 1. The van der Waals surface area contributed by atoms with Gasteiger partial charge in [-0.2, -0.15) is 0 Å². The molecule has 0 heterocycles. The molecule has 0 aromatic heterocycles. The van der Waals surface area contributed by atoms with Gasteiger partial charge in [0.25, 0.3) is 0 Å². The highest BCUT2D eigenvalue weighted by atomic mass is 16.4. The number of carboxylic acids is 3. The fraction of sp³-hybridized carbons (Fsp3) is 0.419. The summed E-state index contributed by atoms with van der Waals surface area (Å²) in [6.45, 7) is 2.65. The molecule has 1 aliphatic rings. The number of allylic oxidation sites excluding steroid dienone is 2. The van der Waals surface area contributed by atoms with Crippen LogP contribution in [0.5, 0.6) is 0 Å². The molecule has 3 atom stereocenters. The van der Waals surface area contributed by atoms with Crippen LogP contribution in [0.1, 0.15) is 43.7 Å². The van der Waals surface area contributed by atoms with Gasteiger partial charge in [0.2, 0.25) is 5.91 Å². The minimum Gasteiger partial charge on any atom is -0.481 e. The van der Waals surface area contributed by atoms with Gasteiger partial charge >= 0.3 is 17.9 Å². The number of aliphatic carboxylic acids is 3. The number of benzene rings is 2. The molecule has 8 nitrogen and oxygen atoms in total. The lowest BCUT2D eigenvalue weighted by atomic mass is 9.56. The van der Waals surface area contributed by atoms with Gasteiger partial charge in [0.15, 0.2) is 0 Å². The third-order valence-corrected chi connectivity index (χ3v) is 7.45. The summed E-state index contributed by atoms with van der Waals surface area (Å²) < 4.78 is 0. The molecule has 1 amide bonds. The summed E-state index contributed by atoms with van der Waals surface area (Å²) in [6, 6.07) is 19.5. The van der Waals surface area contributed by atoms with Crippen LogP contribution in [0.15, 0.2) is 72.8 Å². The Labute approximate surface area is 229 Å². The second kappa shape index (κ2) is 14.3. The number of rotatable bonds is 15. The molecular formula is C31H37NO7. The van der Waals surface area contributed by atoms with Gasteiger partial charge < -0.3 is 20.2 Å². The van der Waals surface area contributed by atoms with Crippen molar-refractivity contribution in [1.29, 1.82) is 0 Å². The van der Waals surface area contributed by atoms with Crippen LogP contribution in [0.25, 0.3) is 0 Å². The normalized spacial score (nSPS) is 21.2. The molecule has 1 saturated carbocycles. The predicted molar refractivity (Wildman–Crippen MR) is 146 cm³/mol. The Morgan fingerprint density at radius 3 is 1.82 bits per heavy atom. The zero-order valence-electron chi connectivity index (χ0n) is 22.2. The van der Waals surface area contributed by atoms with Gasteiger partial charge in [0, 0.05) is 13.1 Å². The molecule has 0 bridgehead atoms. The Morgan fingerprint density at radius 2 is 1.28 bits per heavy atom. The predicted octanol–water partition coefficient (Wildman–Crippen LogP) is 4.74. The summed E-state index contributed by atoms with van der Waals surface area (Å²) in [5, 5.41) is 28.7. The number of carbonyl (C=O) groups is 4. The maximum absolute atomic E-state index is 13.5. The Bertz CT molecular complexity index is 1130. The van der Waals surface area contributed by atoms with E-state index in [9.17, 15) is 34.5 Å². The number of unbranched alkanes of at least 4 members (excludes halogenated alkanes) is 1. The lowest BCUT2D eigenvalue weighted by Crippen LogP contribution is -2.62. The topological polar surface area (TPSA) is 132 Å². The largest absolute Gasteiger partial charge is 0.481 e. The molecule has 3 rings (SSSR count). The van der Waals surface area contributed by atoms with Crippen molar-refractivity contribution < 1.29 is 34.5 Å². The first-order valence-electron chi connectivity index (χ1n) is 13.4. The van der Waals surface area contributed by atoms with Crippen molar-refractivity contribution in [1.82, 2.24) is 4.90 Å². The molecule has 0 unspecified atom stereocenters. The Balaban J connectivity index is 1.61. The quantitative estimate of drug-likeness (QED) is 0.222. The van der Waals surface area contributed by atoms with Gasteiger partial charge in [-0.3, -0.25) is 19.2 Å². The van der Waals surface area contributed by atoms with E-state index in [1.807, 2.05) is 48.5 Å². The van der Waals surface area contributed by atoms with Crippen LogP contribution in [0, 0.1) is 29.6 Å². The summed E-state index contributed by atoms with van der Waals surface area (Å²) in [6.07, 6.45) is 8.74. The van der Waals surface area contributed by atoms with E-state index >= 15 is 0 Å². The van der Waals surface area contributed by atoms with Crippen LogP contribution in [-0.4, -0.2) is 50.6 Å². The van der Waals surface area contributed by atoms with Gasteiger partial charge in [0.1, 0.15) is 0 Å². The Kier molecular flexibility index (Phi) is 10.8. The van der Waals surface area contributed by atoms with Crippen LogP contribution in [-0.2, 0) is 32.1 Å². The number of hydrogen-bond acceptors (Lipinski definition) is 4. The van der Waals surface area contributed by atoms with E-state index in [1.54, 1.807) is 0 Å². The number of carboxylic acid groups (broad SMARTS) is 3. The molecule has 39 heavy (non-hydrogen) atoms. The SMILES string of the molecule is C[C@@H](/C=C/CCCN(Cc1ccccc1)C(=O)C1[C@H](C(=O)O)C(C(=O)O)[C@H]1C(=O)O)CCCc1ccccc1. The first-order valence-corrected chi connectivity index (χ1v) is 13.4. The maximum atomic E-state index is 13.5. The summed E-state index contributed by atoms with van der Waals surface area (Å²) >= 11 is 0. The zero-order chi connectivity index (χ0) is 28.4. The number of aryl methyl sites for hydroxylation is 1. The monoisotopic (exact) mass is 535 g/mol. The number of amides is 1. The van der Waals surface area contributed by atoms with Crippen molar-refractivity contribution in [3.63, 3.8) is 0 Å². The van der Waals surface area contributed by atoms with Gasteiger partial charge in [-0.15, -0.1) is 0 Å².